The normalized spacial score (nSPS) is 16.3. The van der Waals surface area contributed by atoms with Gasteiger partial charge in [0.2, 0.25) is 5.36 Å². The fourth-order valence-corrected chi connectivity index (χ4v) is 9.40. The van der Waals surface area contributed by atoms with E-state index < -0.39 is 58.1 Å². The molecule has 4 rings (SSSR count). The number of allylic oxidation sites excluding steroid dienone is 3. The molecule has 1 aliphatic carbocycles. The maximum absolute atomic E-state index is 12.3. The molecule has 1 unspecified atom stereocenters. The van der Waals surface area contributed by atoms with Gasteiger partial charge in [0.05, 0.1) is 104 Å². The van der Waals surface area contributed by atoms with Crippen molar-refractivity contribution in [1.29, 1.82) is 0 Å². The maximum atomic E-state index is 12.3. The summed E-state index contributed by atoms with van der Waals surface area (Å²) < 4.78 is 148. The average Bonchev–Trinajstić information content (AvgIpc) is 3.49. The van der Waals surface area contributed by atoms with E-state index in [4.69, 9.17) is 37.9 Å². The number of carbonyl (C=O) groups is 1. The summed E-state index contributed by atoms with van der Waals surface area (Å²) >= 11 is 0. The number of ether oxygens (including phenoxy) is 6. The molecule has 20 nitrogen and oxygen atoms in total. The van der Waals surface area contributed by atoms with Gasteiger partial charge in [-0.25, -0.2) is 29.8 Å². The van der Waals surface area contributed by atoms with Crippen LogP contribution >= 0.6 is 0 Å². The Labute approximate surface area is 468 Å². The second-order valence-corrected chi connectivity index (χ2v) is 22.1. The first-order valence-electron chi connectivity index (χ1n) is 22.8. The fraction of sp³-hybridized carbons (Fsp3) is 0.574. The predicted octanol–water partition coefficient (Wildman–Crippen LogP) is -2.49. The molecule has 1 N–H and O–H groups in total. The number of methoxy groups -OCH3 is 1. The smallest absolute Gasteiger partial charge is 0.748 e. The van der Waals surface area contributed by atoms with E-state index >= 15 is 0 Å². The van der Waals surface area contributed by atoms with E-state index in [1.54, 1.807) is 32.3 Å². The van der Waals surface area contributed by atoms with Crippen LogP contribution in [0.15, 0.2) is 69.6 Å². The van der Waals surface area contributed by atoms with E-state index in [0.717, 1.165) is 11.1 Å². The molecule has 3 aliphatic rings. The SMILES string of the molecule is COCCOCCOCC[N+](CCCS(=O)(=O)[O-])=c1ccc2c(C(C)(C)C)cc(/C=C/C=C3/N(CCOCCOCCOCCC(=O)O)c4ccc(S(=O)(=O)[O-])cc4C3(C)CCCS(=O)(=O)[O-])oc-2c1.[Na+].[Na+]. The zero-order valence-electron chi connectivity index (χ0n) is 42.4. The van der Waals surface area contributed by atoms with E-state index in [1.165, 1.54) is 18.2 Å². The molecule has 0 aromatic heterocycles. The summed E-state index contributed by atoms with van der Waals surface area (Å²) in [6, 6.07) is 11.6. The predicted molar refractivity (Wildman–Crippen MR) is 256 cm³/mol. The van der Waals surface area contributed by atoms with Crippen LogP contribution in [0.25, 0.3) is 17.4 Å². The Hall–Kier alpha value is -2.11. The molecule has 0 saturated carbocycles. The number of anilines is 1. The first kappa shape index (κ1) is 66.0. The Bertz CT molecular complexity index is 2640. The molecule has 1 aromatic rings. The summed E-state index contributed by atoms with van der Waals surface area (Å²) in [5, 5.41) is 9.45. The number of carboxylic acid groups (broad SMARTS) is 1. The van der Waals surface area contributed by atoms with Crippen molar-refractivity contribution in [2.24, 2.45) is 0 Å². The summed E-state index contributed by atoms with van der Waals surface area (Å²) in [6.45, 7) is 11.7. The zero-order valence-corrected chi connectivity index (χ0v) is 48.9. The van der Waals surface area contributed by atoms with Gasteiger partial charge in [-0.15, -0.1) is 0 Å². The number of hydrogen-bond donors (Lipinski definition) is 1. The van der Waals surface area contributed by atoms with Crippen LogP contribution in [-0.2, 0) is 74.4 Å². The van der Waals surface area contributed by atoms with Gasteiger partial charge >= 0.3 is 65.1 Å². The van der Waals surface area contributed by atoms with Crippen molar-refractivity contribution in [2.45, 2.75) is 69.1 Å². The minimum atomic E-state index is -4.90. The van der Waals surface area contributed by atoms with Gasteiger partial charge in [0, 0.05) is 60.0 Å². The second kappa shape index (κ2) is 31.2. The Morgan fingerprint density at radius 2 is 1.35 bits per heavy atom. The molecule has 2 aliphatic heterocycles. The number of nitrogens with zero attached hydrogens (tertiary/aromatic N) is 2. The molecule has 0 amide bonds. The van der Waals surface area contributed by atoms with Gasteiger partial charge in [0.1, 0.15) is 34.8 Å². The van der Waals surface area contributed by atoms with E-state index in [2.05, 4.69) is 20.8 Å². The van der Waals surface area contributed by atoms with Gasteiger partial charge in [-0.05, 0) is 78.8 Å². The Kier molecular flexibility index (Phi) is 28.6. The largest absolute Gasteiger partial charge is 1.00 e. The molecule has 0 fully saturated rings. The zero-order chi connectivity index (χ0) is 51.6. The molecule has 0 bridgehead atoms. The average molecular weight is 1090 g/mol. The topological polar surface area (TPSA) is 284 Å². The van der Waals surface area contributed by atoms with Crippen molar-refractivity contribution in [3.63, 3.8) is 0 Å². The van der Waals surface area contributed by atoms with E-state index in [0.29, 0.717) is 66.8 Å². The van der Waals surface area contributed by atoms with Crippen LogP contribution in [0.3, 0.4) is 0 Å². The van der Waals surface area contributed by atoms with Crippen LogP contribution in [-0.4, -0.2) is 161 Å². The molecule has 1 aromatic carbocycles. The van der Waals surface area contributed by atoms with Gasteiger partial charge in [-0.1, -0.05) is 26.8 Å². The van der Waals surface area contributed by atoms with Gasteiger partial charge in [0.15, 0.2) is 6.54 Å². The first-order valence-corrected chi connectivity index (χ1v) is 27.4. The third-order valence-electron chi connectivity index (χ3n) is 11.3. The summed E-state index contributed by atoms with van der Waals surface area (Å²) in [6.07, 6.45) is 5.24. The molecular weight excluding hydrogens is 1020 g/mol. The maximum Gasteiger partial charge on any atom is 1.00 e. The van der Waals surface area contributed by atoms with E-state index in [1.807, 2.05) is 33.7 Å². The number of benzene rings is 2. The van der Waals surface area contributed by atoms with Gasteiger partial charge in [-0.3, -0.25) is 4.79 Å². The van der Waals surface area contributed by atoms with Crippen molar-refractivity contribution in [2.75, 3.05) is 116 Å². The molecular formula is C47H66N2Na2O18S3. The summed E-state index contributed by atoms with van der Waals surface area (Å²) in [5.41, 5.74) is 1.89. The molecule has 0 spiro atoms. The van der Waals surface area contributed by atoms with E-state index in [-0.39, 0.29) is 150 Å². The molecule has 1 atom stereocenters. The number of rotatable bonds is 32. The van der Waals surface area contributed by atoms with Crippen LogP contribution in [0.5, 0.6) is 0 Å². The Balaban J connectivity index is 0.00000888. The third kappa shape index (κ3) is 22.2. The summed E-state index contributed by atoms with van der Waals surface area (Å²) in [4.78, 5) is 12.1. The Morgan fingerprint density at radius 3 is 1.93 bits per heavy atom. The number of hydrogen-bond acceptors (Lipinski definition) is 18. The van der Waals surface area contributed by atoms with Gasteiger partial charge in [0.25, 0.3) is 0 Å². The van der Waals surface area contributed by atoms with Crippen LogP contribution < -0.4 is 73.9 Å². The van der Waals surface area contributed by atoms with Crippen LogP contribution in [0, 0.1) is 0 Å². The minimum absolute atomic E-state index is 0. The van der Waals surface area contributed by atoms with Crippen LogP contribution in [0.1, 0.15) is 70.3 Å². The quantitative estimate of drug-likeness (QED) is 0.0293. The molecule has 392 valence electrons. The number of fused-ring (bicyclic) bond motifs is 2. The third-order valence-corrected chi connectivity index (χ3v) is 13.7. The summed E-state index contributed by atoms with van der Waals surface area (Å²) in [7, 11) is -12.4. The Morgan fingerprint density at radius 1 is 0.764 bits per heavy atom. The van der Waals surface area contributed by atoms with Crippen LogP contribution in [0.2, 0.25) is 0 Å². The van der Waals surface area contributed by atoms with Crippen LogP contribution in [0.4, 0.5) is 5.69 Å². The van der Waals surface area contributed by atoms with Crippen molar-refractivity contribution >= 4 is 48.1 Å². The van der Waals surface area contributed by atoms with Gasteiger partial charge < -0.3 is 56.5 Å². The monoisotopic (exact) mass is 1090 g/mol. The number of aliphatic carboxylic acids is 1. The van der Waals surface area contributed by atoms with Crippen molar-refractivity contribution < 1.29 is 141 Å². The molecule has 0 saturated heterocycles. The molecule has 2 heterocycles. The minimum Gasteiger partial charge on any atom is -0.748 e. The summed E-state index contributed by atoms with van der Waals surface area (Å²) in [5.74, 6) is -1.21. The van der Waals surface area contributed by atoms with E-state index in [9.17, 15) is 43.7 Å². The van der Waals surface area contributed by atoms with Crippen molar-refractivity contribution in [1.82, 2.24) is 4.58 Å². The number of carboxylic acids is 1. The van der Waals surface area contributed by atoms with Crippen molar-refractivity contribution in [3.05, 3.63) is 82.6 Å². The fourth-order valence-electron chi connectivity index (χ4n) is 7.92. The van der Waals surface area contributed by atoms with Crippen molar-refractivity contribution in [3.8, 4) is 11.3 Å². The molecule has 25 heteroatoms. The standard InChI is InChI=1S/C47H68N2O18S3.2Na/c1-46(2,3)40-34-37(67-43-33-36(11-13-39(40)43)48(17-8-32-69(55,56)57)18-21-63-26-29-65-24-23-61-5)9-6-10-44-47(4,16-7-31-68(52,53)54)41-35-38(70(58,59)60)12-14-42(41)49(44)19-22-64-27-30-66-28-25-62-20-15-45(50)51;;/h6,9-14,33-35H,7-8,15-32H2,1-5H3,(H3-,50,51,52,53,54,55,56,57,58,59,60);;/q;2*+1/p-2. The molecule has 0 radical (unpaired) electrons. The second-order valence-electron chi connectivity index (χ2n) is 17.7. The first-order chi connectivity index (χ1) is 32.9. The molecule has 72 heavy (non-hydrogen) atoms. The van der Waals surface area contributed by atoms with Gasteiger partial charge in [-0.2, -0.15) is 0 Å².